The summed E-state index contributed by atoms with van der Waals surface area (Å²) in [7, 11) is 3.37. The van der Waals surface area contributed by atoms with Crippen molar-refractivity contribution in [2.75, 3.05) is 19.5 Å². The summed E-state index contributed by atoms with van der Waals surface area (Å²) in [6.07, 6.45) is 3.17. The molecule has 0 aliphatic heterocycles. The fourth-order valence-electron chi connectivity index (χ4n) is 1.45. The second kappa shape index (κ2) is 5.95. The first kappa shape index (κ1) is 12.3. The Labute approximate surface area is 94.5 Å². The van der Waals surface area contributed by atoms with Gasteiger partial charge in [-0.3, -0.25) is 4.79 Å². The highest BCUT2D eigenvalue weighted by molar-refractivity contribution is 5.66. The molecular weight excluding hydrogens is 208 g/mol. The number of nitrogens with one attached hydrogen (secondary N) is 1. The highest BCUT2D eigenvalue weighted by atomic mass is 16.5. The molecule has 5 heteroatoms. The maximum atomic E-state index is 10.4. The van der Waals surface area contributed by atoms with Gasteiger partial charge in [0.05, 0.1) is 19.0 Å². The van der Waals surface area contributed by atoms with Gasteiger partial charge in [-0.1, -0.05) is 0 Å². The van der Waals surface area contributed by atoms with Gasteiger partial charge in [0.1, 0.15) is 0 Å². The molecule has 0 amide bonds. The first-order chi connectivity index (χ1) is 7.67. The van der Waals surface area contributed by atoms with Gasteiger partial charge in [-0.25, -0.2) is 4.98 Å². The predicted octanol–water partition coefficient (Wildman–Crippen LogP) is 1.54. The predicted molar refractivity (Wildman–Crippen MR) is 60.9 cm³/mol. The lowest BCUT2D eigenvalue weighted by Crippen LogP contribution is -2.01. The monoisotopic (exact) mass is 224 g/mol. The smallest absolute Gasteiger partial charge is 0.303 e. The highest BCUT2D eigenvalue weighted by Gasteiger charge is 2.05. The number of aromatic nitrogens is 1. The van der Waals surface area contributed by atoms with Crippen LogP contribution in [0.3, 0.4) is 0 Å². The van der Waals surface area contributed by atoms with Crippen LogP contribution >= 0.6 is 0 Å². The van der Waals surface area contributed by atoms with Gasteiger partial charge in [-0.2, -0.15) is 0 Å². The number of carbonyl (C=O) groups is 1. The van der Waals surface area contributed by atoms with Gasteiger partial charge in [0.2, 0.25) is 5.88 Å². The molecule has 88 valence electrons. The third kappa shape index (κ3) is 3.42. The van der Waals surface area contributed by atoms with Gasteiger partial charge in [0.25, 0.3) is 0 Å². The quantitative estimate of drug-likeness (QED) is 0.766. The zero-order valence-corrected chi connectivity index (χ0v) is 9.49. The molecule has 2 N–H and O–H groups in total. The lowest BCUT2D eigenvalue weighted by atomic mass is 10.1. The minimum Gasteiger partial charge on any atom is -0.481 e. The normalized spacial score (nSPS) is 9.88. The molecule has 5 nitrogen and oxygen atoms in total. The van der Waals surface area contributed by atoms with Crippen molar-refractivity contribution < 1.29 is 14.6 Å². The summed E-state index contributed by atoms with van der Waals surface area (Å²) in [6.45, 7) is 0. The number of carboxylic acid groups (broad SMARTS) is 1. The number of ether oxygens (including phenoxy) is 1. The van der Waals surface area contributed by atoms with Crippen LogP contribution in [0.5, 0.6) is 5.88 Å². The van der Waals surface area contributed by atoms with Crippen molar-refractivity contribution in [1.82, 2.24) is 4.98 Å². The Morgan fingerprint density at radius 2 is 2.38 bits per heavy atom. The number of nitrogens with zero attached hydrogens (tertiary/aromatic N) is 1. The maximum Gasteiger partial charge on any atom is 0.303 e. The molecule has 0 spiro atoms. The topological polar surface area (TPSA) is 71.5 Å². The summed E-state index contributed by atoms with van der Waals surface area (Å²) in [6, 6.07) is 1.83. The van der Waals surface area contributed by atoms with E-state index in [9.17, 15) is 4.79 Å². The Balaban J connectivity index is 2.71. The van der Waals surface area contributed by atoms with E-state index < -0.39 is 5.97 Å². The van der Waals surface area contributed by atoms with Crippen LogP contribution in [0, 0.1) is 0 Å². The number of aryl methyl sites for hydroxylation is 1. The molecule has 0 radical (unpaired) electrons. The second-order valence-corrected chi connectivity index (χ2v) is 3.38. The van der Waals surface area contributed by atoms with Crippen molar-refractivity contribution in [3.8, 4) is 5.88 Å². The van der Waals surface area contributed by atoms with E-state index in [1.165, 1.54) is 0 Å². The van der Waals surface area contributed by atoms with Crippen molar-refractivity contribution in [3.05, 3.63) is 17.8 Å². The van der Waals surface area contributed by atoms with Gasteiger partial charge in [0, 0.05) is 19.5 Å². The van der Waals surface area contributed by atoms with E-state index in [2.05, 4.69) is 10.3 Å². The molecule has 0 saturated carbocycles. The van der Waals surface area contributed by atoms with Crippen LogP contribution in [0.4, 0.5) is 5.69 Å². The molecule has 0 unspecified atom stereocenters. The molecule has 0 fully saturated rings. The molecule has 0 aliphatic rings. The molecular formula is C11H16N2O3. The molecule has 1 aromatic heterocycles. The van der Waals surface area contributed by atoms with Crippen molar-refractivity contribution in [3.63, 3.8) is 0 Å². The molecule has 0 bridgehead atoms. The number of hydrogen-bond donors (Lipinski definition) is 2. The standard InChI is InChI=1S/C11H16N2O3/c1-12-9-7-13-10(16-2)6-8(9)4-3-5-11(14)15/h6-7,12H,3-5H2,1-2H3,(H,14,15). The Morgan fingerprint density at radius 1 is 1.62 bits per heavy atom. The number of carboxylic acids is 1. The first-order valence-corrected chi connectivity index (χ1v) is 5.10. The molecule has 1 aromatic rings. The average Bonchev–Trinajstić information content (AvgIpc) is 2.28. The van der Waals surface area contributed by atoms with Gasteiger partial charge < -0.3 is 15.2 Å². The van der Waals surface area contributed by atoms with Crippen LogP contribution in [0.2, 0.25) is 0 Å². The Kier molecular flexibility index (Phi) is 4.57. The van der Waals surface area contributed by atoms with Crippen molar-refractivity contribution in [2.45, 2.75) is 19.3 Å². The van der Waals surface area contributed by atoms with E-state index >= 15 is 0 Å². The minimum atomic E-state index is -0.771. The zero-order chi connectivity index (χ0) is 12.0. The van der Waals surface area contributed by atoms with E-state index in [0.29, 0.717) is 18.7 Å². The number of methoxy groups -OCH3 is 1. The van der Waals surface area contributed by atoms with E-state index in [1.54, 1.807) is 13.3 Å². The Hall–Kier alpha value is -1.78. The van der Waals surface area contributed by atoms with Crippen LogP contribution in [0.25, 0.3) is 0 Å². The summed E-state index contributed by atoms with van der Waals surface area (Å²) in [5.41, 5.74) is 1.93. The van der Waals surface area contributed by atoms with Gasteiger partial charge in [-0.15, -0.1) is 0 Å². The maximum absolute atomic E-state index is 10.4. The van der Waals surface area contributed by atoms with Crippen LogP contribution in [0.15, 0.2) is 12.3 Å². The van der Waals surface area contributed by atoms with Crippen LogP contribution in [-0.4, -0.2) is 30.2 Å². The summed E-state index contributed by atoms with van der Waals surface area (Å²) in [4.78, 5) is 14.5. The third-order valence-corrected chi connectivity index (χ3v) is 2.28. The minimum absolute atomic E-state index is 0.174. The van der Waals surface area contributed by atoms with Crippen molar-refractivity contribution in [1.29, 1.82) is 0 Å². The Bertz CT molecular complexity index is 366. The summed E-state index contributed by atoms with van der Waals surface area (Å²) in [5.74, 6) is -0.226. The summed E-state index contributed by atoms with van der Waals surface area (Å²) in [5, 5.41) is 11.6. The summed E-state index contributed by atoms with van der Waals surface area (Å²) < 4.78 is 5.03. The van der Waals surface area contributed by atoms with Crippen molar-refractivity contribution >= 4 is 11.7 Å². The lowest BCUT2D eigenvalue weighted by molar-refractivity contribution is -0.137. The third-order valence-electron chi connectivity index (χ3n) is 2.28. The van der Waals surface area contributed by atoms with Gasteiger partial charge in [-0.05, 0) is 18.4 Å². The molecule has 1 rings (SSSR count). The fourth-order valence-corrected chi connectivity index (χ4v) is 1.45. The van der Waals surface area contributed by atoms with Crippen LogP contribution < -0.4 is 10.1 Å². The highest BCUT2D eigenvalue weighted by Crippen LogP contribution is 2.20. The largest absolute Gasteiger partial charge is 0.481 e. The molecule has 16 heavy (non-hydrogen) atoms. The number of rotatable bonds is 6. The molecule has 0 saturated heterocycles. The number of hydrogen-bond acceptors (Lipinski definition) is 4. The van der Waals surface area contributed by atoms with Crippen molar-refractivity contribution in [2.24, 2.45) is 0 Å². The Morgan fingerprint density at radius 3 is 2.94 bits per heavy atom. The molecule has 0 aliphatic carbocycles. The molecule has 0 atom stereocenters. The van der Waals surface area contributed by atoms with E-state index in [4.69, 9.17) is 9.84 Å². The van der Waals surface area contributed by atoms with E-state index in [-0.39, 0.29) is 6.42 Å². The molecule has 0 aromatic carbocycles. The van der Waals surface area contributed by atoms with E-state index in [0.717, 1.165) is 11.3 Å². The van der Waals surface area contributed by atoms with E-state index in [1.807, 2.05) is 13.1 Å². The first-order valence-electron chi connectivity index (χ1n) is 5.10. The van der Waals surface area contributed by atoms with Gasteiger partial charge >= 0.3 is 5.97 Å². The SMILES string of the molecule is CNc1cnc(OC)cc1CCCC(=O)O. The lowest BCUT2D eigenvalue weighted by Gasteiger charge is -2.09. The van der Waals surface area contributed by atoms with Gasteiger partial charge in [0.15, 0.2) is 0 Å². The number of anilines is 1. The second-order valence-electron chi connectivity index (χ2n) is 3.38. The number of aliphatic carboxylic acids is 1. The number of pyridine rings is 1. The average molecular weight is 224 g/mol. The van der Waals surface area contributed by atoms with Crippen LogP contribution in [-0.2, 0) is 11.2 Å². The fraction of sp³-hybridized carbons (Fsp3) is 0.455. The van der Waals surface area contributed by atoms with Crippen LogP contribution in [0.1, 0.15) is 18.4 Å². The summed E-state index contributed by atoms with van der Waals surface area (Å²) >= 11 is 0. The zero-order valence-electron chi connectivity index (χ0n) is 9.49. The molecule has 1 heterocycles.